The van der Waals surface area contributed by atoms with Crippen LogP contribution in [0.25, 0.3) is 0 Å². The molecule has 1 aromatic heterocycles. The first kappa shape index (κ1) is 14.3. The van der Waals surface area contributed by atoms with Gasteiger partial charge < -0.3 is 15.2 Å². The van der Waals surface area contributed by atoms with Gasteiger partial charge >= 0.3 is 0 Å². The lowest BCUT2D eigenvalue weighted by molar-refractivity contribution is 0.354. The molecule has 0 spiro atoms. The van der Waals surface area contributed by atoms with E-state index in [1.54, 1.807) is 26.6 Å². The average Bonchev–Trinajstić information content (AvgIpc) is 2.53. The van der Waals surface area contributed by atoms with Gasteiger partial charge in [0.25, 0.3) is 0 Å². The molecule has 0 saturated carbocycles. The normalized spacial score (nSPS) is 11.9. The Kier molecular flexibility index (Phi) is 4.96. The van der Waals surface area contributed by atoms with Crippen LogP contribution in [0, 0.1) is 0 Å². The van der Waals surface area contributed by atoms with Gasteiger partial charge in [0, 0.05) is 18.3 Å². The van der Waals surface area contributed by atoms with E-state index in [9.17, 15) is 0 Å². The summed E-state index contributed by atoms with van der Waals surface area (Å²) in [6.45, 7) is 0.581. The molecule has 1 aromatic carbocycles. The number of pyridine rings is 1. The number of ether oxygens (including phenoxy) is 2. The number of nitrogens with two attached hydrogens (primary N) is 1. The van der Waals surface area contributed by atoms with Gasteiger partial charge in [0.05, 0.1) is 14.2 Å². The lowest BCUT2D eigenvalue weighted by Crippen LogP contribution is -2.15. The van der Waals surface area contributed by atoms with Gasteiger partial charge in [-0.2, -0.15) is 0 Å². The first-order chi connectivity index (χ1) is 9.78. The van der Waals surface area contributed by atoms with Crippen LogP contribution in [0.5, 0.6) is 11.5 Å². The Labute approximate surface area is 119 Å². The highest BCUT2D eigenvalue weighted by molar-refractivity contribution is 5.44. The number of hydrogen-bond acceptors (Lipinski definition) is 4. The zero-order valence-electron chi connectivity index (χ0n) is 11.9. The Hall–Kier alpha value is -2.07. The molecule has 1 unspecified atom stereocenters. The monoisotopic (exact) mass is 272 g/mol. The van der Waals surface area contributed by atoms with Crippen molar-refractivity contribution in [1.29, 1.82) is 0 Å². The molecule has 4 heteroatoms. The van der Waals surface area contributed by atoms with Crippen LogP contribution in [-0.4, -0.2) is 25.7 Å². The van der Waals surface area contributed by atoms with E-state index in [2.05, 4.69) is 4.98 Å². The minimum Gasteiger partial charge on any atom is -0.493 e. The van der Waals surface area contributed by atoms with Gasteiger partial charge in [0.15, 0.2) is 11.5 Å². The molecule has 1 heterocycles. The van der Waals surface area contributed by atoms with Gasteiger partial charge in [0.2, 0.25) is 0 Å². The predicted molar refractivity (Wildman–Crippen MR) is 79.3 cm³/mol. The summed E-state index contributed by atoms with van der Waals surface area (Å²) in [5.41, 5.74) is 8.31. The van der Waals surface area contributed by atoms with E-state index in [0.29, 0.717) is 6.54 Å². The predicted octanol–water partition coefficient (Wildman–Crippen LogP) is 2.38. The molecule has 20 heavy (non-hydrogen) atoms. The van der Waals surface area contributed by atoms with E-state index in [4.69, 9.17) is 15.2 Å². The SMILES string of the molecule is COc1ccc(C(CN)Cc2ccncc2)cc1OC. The number of aromatic nitrogens is 1. The summed E-state index contributed by atoms with van der Waals surface area (Å²) in [7, 11) is 3.27. The maximum Gasteiger partial charge on any atom is 0.160 e. The van der Waals surface area contributed by atoms with Crippen molar-refractivity contribution in [3.8, 4) is 11.5 Å². The summed E-state index contributed by atoms with van der Waals surface area (Å²) in [6, 6.07) is 9.99. The van der Waals surface area contributed by atoms with E-state index in [0.717, 1.165) is 23.5 Å². The zero-order chi connectivity index (χ0) is 14.4. The lowest BCUT2D eigenvalue weighted by Gasteiger charge is -2.17. The van der Waals surface area contributed by atoms with Crippen molar-refractivity contribution in [1.82, 2.24) is 4.98 Å². The molecule has 0 fully saturated rings. The molecule has 0 saturated heterocycles. The standard InChI is InChI=1S/C16H20N2O2/c1-19-15-4-3-13(10-16(15)20-2)14(11-17)9-12-5-7-18-8-6-12/h3-8,10,14H,9,11,17H2,1-2H3. The highest BCUT2D eigenvalue weighted by Gasteiger charge is 2.13. The molecule has 0 bridgehead atoms. The number of benzene rings is 1. The molecule has 4 nitrogen and oxygen atoms in total. The van der Waals surface area contributed by atoms with Crippen LogP contribution in [0.3, 0.4) is 0 Å². The van der Waals surface area contributed by atoms with Crippen molar-refractivity contribution in [2.45, 2.75) is 12.3 Å². The molecule has 1 atom stereocenters. The van der Waals surface area contributed by atoms with Crippen LogP contribution in [0.4, 0.5) is 0 Å². The van der Waals surface area contributed by atoms with Crippen LogP contribution < -0.4 is 15.2 Å². The van der Waals surface area contributed by atoms with Crippen LogP contribution >= 0.6 is 0 Å². The molecule has 2 aromatic rings. The van der Waals surface area contributed by atoms with E-state index in [1.807, 2.05) is 30.3 Å². The average molecular weight is 272 g/mol. The number of hydrogen-bond donors (Lipinski definition) is 1. The highest BCUT2D eigenvalue weighted by Crippen LogP contribution is 2.31. The second kappa shape index (κ2) is 6.91. The highest BCUT2D eigenvalue weighted by atomic mass is 16.5. The lowest BCUT2D eigenvalue weighted by atomic mass is 9.92. The van der Waals surface area contributed by atoms with Gasteiger partial charge in [-0.05, 0) is 48.4 Å². The van der Waals surface area contributed by atoms with Crippen LogP contribution in [0.2, 0.25) is 0 Å². The second-order valence-corrected chi connectivity index (χ2v) is 4.61. The van der Waals surface area contributed by atoms with Gasteiger partial charge in [0.1, 0.15) is 0 Å². The molecule has 106 valence electrons. The Balaban J connectivity index is 2.23. The number of methoxy groups -OCH3 is 2. The fourth-order valence-corrected chi connectivity index (χ4v) is 2.25. The van der Waals surface area contributed by atoms with E-state index in [-0.39, 0.29) is 5.92 Å². The minimum absolute atomic E-state index is 0.247. The van der Waals surface area contributed by atoms with Gasteiger partial charge in [-0.3, -0.25) is 4.98 Å². The molecule has 0 amide bonds. The Bertz CT molecular complexity index is 543. The quantitative estimate of drug-likeness (QED) is 0.877. The van der Waals surface area contributed by atoms with Crippen LogP contribution in [0.15, 0.2) is 42.7 Å². The summed E-state index contributed by atoms with van der Waals surface area (Å²) >= 11 is 0. The summed E-state index contributed by atoms with van der Waals surface area (Å²) in [6.07, 6.45) is 4.49. The Morgan fingerprint density at radius 2 is 1.75 bits per heavy atom. The fourth-order valence-electron chi connectivity index (χ4n) is 2.25. The summed E-state index contributed by atoms with van der Waals surface area (Å²) < 4.78 is 10.6. The Morgan fingerprint density at radius 1 is 1.05 bits per heavy atom. The van der Waals surface area contributed by atoms with Gasteiger partial charge in [-0.1, -0.05) is 6.07 Å². The largest absolute Gasteiger partial charge is 0.493 e. The maximum absolute atomic E-state index is 5.93. The first-order valence-corrected chi connectivity index (χ1v) is 6.59. The zero-order valence-corrected chi connectivity index (χ0v) is 11.9. The molecule has 0 aliphatic carbocycles. The summed E-state index contributed by atoms with van der Waals surface area (Å²) in [5, 5.41) is 0. The Morgan fingerprint density at radius 3 is 2.35 bits per heavy atom. The second-order valence-electron chi connectivity index (χ2n) is 4.61. The van der Waals surface area contributed by atoms with Crippen molar-refractivity contribution >= 4 is 0 Å². The van der Waals surface area contributed by atoms with Crippen LogP contribution in [0.1, 0.15) is 17.0 Å². The van der Waals surface area contributed by atoms with Gasteiger partial charge in [-0.25, -0.2) is 0 Å². The van der Waals surface area contributed by atoms with Gasteiger partial charge in [-0.15, -0.1) is 0 Å². The molecule has 2 rings (SSSR count). The molecule has 0 radical (unpaired) electrons. The summed E-state index contributed by atoms with van der Waals surface area (Å²) in [4.78, 5) is 4.03. The number of rotatable bonds is 6. The first-order valence-electron chi connectivity index (χ1n) is 6.59. The van der Waals surface area contributed by atoms with Crippen molar-refractivity contribution < 1.29 is 9.47 Å². The topological polar surface area (TPSA) is 57.4 Å². The molecular weight excluding hydrogens is 252 g/mol. The number of nitrogens with zero attached hydrogens (tertiary/aromatic N) is 1. The molecular formula is C16H20N2O2. The summed E-state index contributed by atoms with van der Waals surface area (Å²) in [5.74, 6) is 1.71. The van der Waals surface area contributed by atoms with Crippen molar-refractivity contribution in [2.75, 3.05) is 20.8 Å². The van der Waals surface area contributed by atoms with Crippen LogP contribution in [-0.2, 0) is 6.42 Å². The third kappa shape index (κ3) is 3.27. The molecule has 0 aliphatic heterocycles. The maximum atomic E-state index is 5.93. The van der Waals surface area contributed by atoms with Crippen molar-refractivity contribution in [3.63, 3.8) is 0 Å². The van der Waals surface area contributed by atoms with E-state index >= 15 is 0 Å². The van der Waals surface area contributed by atoms with Crippen molar-refractivity contribution in [2.24, 2.45) is 5.73 Å². The fraction of sp³-hybridized carbons (Fsp3) is 0.312. The minimum atomic E-state index is 0.247. The third-order valence-electron chi connectivity index (χ3n) is 3.39. The van der Waals surface area contributed by atoms with Crippen molar-refractivity contribution in [3.05, 3.63) is 53.9 Å². The van der Waals surface area contributed by atoms with E-state index in [1.165, 1.54) is 5.56 Å². The molecule has 0 aliphatic rings. The smallest absolute Gasteiger partial charge is 0.160 e. The van der Waals surface area contributed by atoms with E-state index < -0.39 is 0 Å². The molecule has 2 N–H and O–H groups in total. The third-order valence-corrected chi connectivity index (χ3v) is 3.39.